The second-order valence-corrected chi connectivity index (χ2v) is 6.76. The second kappa shape index (κ2) is 5.61. The number of hydrogen-bond donors (Lipinski definition) is 1. The van der Waals surface area contributed by atoms with E-state index < -0.39 is 5.60 Å². The predicted octanol–water partition coefficient (Wildman–Crippen LogP) is 1.41. The molecule has 0 atom stereocenters. The van der Waals surface area contributed by atoms with Crippen LogP contribution in [0.2, 0.25) is 0 Å². The number of β-amino-alcohol motifs (C(OH)–C–C–N with tert-alkyl or cyclic N) is 1. The van der Waals surface area contributed by atoms with E-state index in [0.717, 1.165) is 0 Å². The fourth-order valence-electron chi connectivity index (χ4n) is 2.24. The summed E-state index contributed by atoms with van der Waals surface area (Å²) in [5.41, 5.74) is -0.605. The van der Waals surface area contributed by atoms with E-state index in [0.29, 0.717) is 26.2 Å². The lowest BCUT2D eigenvalue weighted by atomic mass is 9.83. The highest BCUT2D eigenvalue weighted by molar-refractivity contribution is 7.09. The molecule has 0 unspecified atom stereocenters. The minimum absolute atomic E-state index is 0.110. The molecule has 0 aromatic carbocycles. The maximum Gasteiger partial charge on any atom is 0.236 e. The number of thiophene rings is 1. The van der Waals surface area contributed by atoms with Crippen LogP contribution in [0.1, 0.15) is 18.7 Å². The Labute approximate surface area is 118 Å². The summed E-state index contributed by atoms with van der Waals surface area (Å²) in [6, 6.07) is 4.03. The van der Waals surface area contributed by atoms with Crippen LogP contribution in [0, 0.1) is 5.92 Å². The lowest BCUT2D eigenvalue weighted by molar-refractivity contribution is -0.148. The first kappa shape index (κ1) is 14.5. The third-order valence-electron chi connectivity index (χ3n) is 3.83. The largest absolute Gasteiger partial charge is 0.387 e. The highest BCUT2D eigenvalue weighted by Gasteiger charge is 2.44. The van der Waals surface area contributed by atoms with E-state index >= 15 is 0 Å². The molecule has 1 N–H and O–H groups in total. The Kier molecular flexibility index (Phi) is 4.28. The van der Waals surface area contributed by atoms with Crippen LogP contribution < -0.4 is 0 Å². The summed E-state index contributed by atoms with van der Waals surface area (Å²) in [5, 5.41) is 12.2. The van der Waals surface area contributed by atoms with Crippen molar-refractivity contribution < 1.29 is 9.90 Å². The number of carbonyl (C=O) groups excluding carboxylic acids is 1. The van der Waals surface area contributed by atoms with E-state index in [9.17, 15) is 9.90 Å². The van der Waals surface area contributed by atoms with Gasteiger partial charge in [0.2, 0.25) is 5.91 Å². The summed E-state index contributed by atoms with van der Waals surface area (Å²) >= 11 is 1.66. The van der Waals surface area contributed by atoms with Crippen molar-refractivity contribution in [2.75, 3.05) is 26.7 Å². The lowest BCUT2D eigenvalue weighted by Gasteiger charge is -2.49. The van der Waals surface area contributed by atoms with E-state index in [1.165, 1.54) is 4.88 Å². The first-order chi connectivity index (χ1) is 8.90. The number of rotatable bonds is 5. The SMILES string of the molecule is CC(C)C1(O)CN(CC(=O)N(C)Cc2cccs2)C1. The van der Waals surface area contributed by atoms with Crippen molar-refractivity contribution in [3.8, 4) is 0 Å². The normalized spacial score (nSPS) is 18.4. The van der Waals surface area contributed by atoms with Crippen LogP contribution >= 0.6 is 11.3 Å². The summed E-state index contributed by atoms with van der Waals surface area (Å²) < 4.78 is 0. The Morgan fingerprint density at radius 1 is 1.58 bits per heavy atom. The predicted molar refractivity (Wildman–Crippen MR) is 77.0 cm³/mol. The van der Waals surface area contributed by atoms with Gasteiger partial charge in [-0.25, -0.2) is 0 Å². The van der Waals surface area contributed by atoms with Gasteiger partial charge in [0.25, 0.3) is 0 Å². The maximum atomic E-state index is 12.1. The topological polar surface area (TPSA) is 43.8 Å². The average molecular weight is 282 g/mol. The summed E-state index contributed by atoms with van der Waals surface area (Å²) in [5.74, 6) is 0.349. The fraction of sp³-hybridized carbons (Fsp3) is 0.643. The Morgan fingerprint density at radius 3 is 2.79 bits per heavy atom. The molecule has 1 fully saturated rings. The second-order valence-electron chi connectivity index (χ2n) is 5.73. The Bertz CT molecular complexity index is 425. The third kappa shape index (κ3) is 3.35. The molecule has 2 heterocycles. The molecule has 1 aromatic heterocycles. The highest BCUT2D eigenvalue weighted by Crippen LogP contribution is 2.28. The van der Waals surface area contributed by atoms with E-state index in [4.69, 9.17) is 0 Å². The number of carbonyl (C=O) groups is 1. The van der Waals surface area contributed by atoms with Gasteiger partial charge in [0, 0.05) is 25.0 Å². The quantitative estimate of drug-likeness (QED) is 0.888. The summed E-state index contributed by atoms with van der Waals surface area (Å²) in [4.78, 5) is 17.0. The van der Waals surface area contributed by atoms with E-state index in [-0.39, 0.29) is 11.8 Å². The van der Waals surface area contributed by atoms with Crippen LogP contribution in [0.15, 0.2) is 17.5 Å². The number of nitrogens with zero attached hydrogens (tertiary/aromatic N) is 2. The molecule has 106 valence electrons. The van der Waals surface area contributed by atoms with Crippen molar-refractivity contribution in [2.24, 2.45) is 5.92 Å². The lowest BCUT2D eigenvalue weighted by Crippen LogP contribution is -2.65. The molecule has 1 amide bonds. The maximum absolute atomic E-state index is 12.1. The van der Waals surface area contributed by atoms with E-state index in [1.54, 1.807) is 16.2 Å². The van der Waals surface area contributed by atoms with Crippen LogP contribution in [-0.2, 0) is 11.3 Å². The summed E-state index contributed by atoms with van der Waals surface area (Å²) in [7, 11) is 1.83. The summed E-state index contributed by atoms with van der Waals surface area (Å²) in [6.07, 6.45) is 0. The van der Waals surface area contributed by atoms with E-state index in [2.05, 4.69) is 0 Å². The first-order valence-electron chi connectivity index (χ1n) is 6.62. The standard InChI is InChI=1S/C14H22N2O2S/c1-11(2)14(18)9-16(10-14)8-13(17)15(3)7-12-5-4-6-19-12/h4-6,11,18H,7-10H2,1-3H3. The zero-order valence-electron chi connectivity index (χ0n) is 11.8. The van der Waals surface area contributed by atoms with Crippen LogP contribution in [0.4, 0.5) is 0 Å². The number of hydrogen-bond acceptors (Lipinski definition) is 4. The van der Waals surface area contributed by atoms with Gasteiger partial charge in [-0.2, -0.15) is 0 Å². The highest BCUT2D eigenvalue weighted by atomic mass is 32.1. The fourth-order valence-corrected chi connectivity index (χ4v) is 3.00. The average Bonchev–Trinajstić information content (AvgIpc) is 2.79. The van der Waals surface area contributed by atoms with Crippen molar-refractivity contribution in [3.05, 3.63) is 22.4 Å². The molecule has 4 nitrogen and oxygen atoms in total. The van der Waals surface area contributed by atoms with Gasteiger partial charge in [-0.05, 0) is 17.4 Å². The van der Waals surface area contributed by atoms with Gasteiger partial charge < -0.3 is 10.0 Å². The molecule has 1 aromatic rings. The molecule has 0 radical (unpaired) electrons. The molecule has 1 saturated heterocycles. The van der Waals surface area contributed by atoms with Gasteiger partial charge >= 0.3 is 0 Å². The minimum Gasteiger partial charge on any atom is -0.387 e. The van der Waals surface area contributed by atoms with Gasteiger partial charge in [0.1, 0.15) is 0 Å². The monoisotopic (exact) mass is 282 g/mol. The van der Waals surface area contributed by atoms with Gasteiger partial charge in [-0.15, -0.1) is 11.3 Å². The van der Waals surface area contributed by atoms with Crippen molar-refractivity contribution >= 4 is 17.2 Å². The van der Waals surface area contributed by atoms with Crippen molar-refractivity contribution in [2.45, 2.75) is 26.0 Å². The van der Waals surface area contributed by atoms with Crippen LogP contribution in [0.3, 0.4) is 0 Å². The number of aliphatic hydroxyl groups is 1. The molecule has 19 heavy (non-hydrogen) atoms. The summed E-state index contributed by atoms with van der Waals surface area (Å²) in [6.45, 7) is 6.30. The smallest absolute Gasteiger partial charge is 0.236 e. The van der Waals surface area contributed by atoms with Gasteiger partial charge in [-0.1, -0.05) is 19.9 Å². The van der Waals surface area contributed by atoms with Gasteiger partial charge in [0.05, 0.1) is 18.7 Å². The van der Waals surface area contributed by atoms with Crippen LogP contribution in [-0.4, -0.2) is 53.1 Å². The number of likely N-dealkylation sites (N-methyl/N-ethyl adjacent to an activating group) is 1. The van der Waals surface area contributed by atoms with Crippen molar-refractivity contribution in [1.29, 1.82) is 0 Å². The van der Waals surface area contributed by atoms with Crippen molar-refractivity contribution in [1.82, 2.24) is 9.80 Å². The molecule has 0 aliphatic carbocycles. The third-order valence-corrected chi connectivity index (χ3v) is 4.69. The Balaban J connectivity index is 1.76. The zero-order chi connectivity index (χ0) is 14.0. The van der Waals surface area contributed by atoms with Crippen LogP contribution in [0.25, 0.3) is 0 Å². The number of amides is 1. The Morgan fingerprint density at radius 2 is 2.26 bits per heavy atom. The van der Waals surface area contributed by atoms with E-state index in [1.807, 2.05) is 43.3 Å². The zero-order valence-corrected chi connectivity index (χ0v) is 12.6. The molecule has 5 heteroatoms. The van der Waals surface area contributed by atoms with Gasteiger partial charge in [0.15, 0.2) is 0 Å². The molecular formula is C14H22N2O2S. The minimum atomic E-state index is -0.605. The van der Waals surface area contributed by atoms with Gasteiger partial charge in [-0.3, -0.25) is 9.69 Å². The molecule has 2 rings (SSSR count). The molecule has 1 aliphatic rings. The molecule has 1 aliphatic heterocycles. The first-order valence-corrected chi connectivity index (χ1v) is 7.50. The van der Waals surface area contributed by atoms with Crippen LogP contribution in [0.5, 0.6) is 0 Å². The number of likely N-dealkylation sites (tertiary alicyclic amines) is 1. The van der Waals surface area contributed by atoms with Crippen molar-refractivity contribution in [3.63, 3.8) is 0 Å². The molecule has 0 spiro atoms. The Hall–Kier alpha value is -0.910. The molecule has 0 saturated carbocycles. The molecule has 0 bridgehead atoms. The molecular weight excluding hydrogens is 260 g/mol.